The van der Waals surface area contributed by atoms with Crippen molar-refractivity contribution < 1.29 is 19.1 Å². The van der Waals surface area contributed by atoms with Gasteiger partial charge in [0.2, 0.25) is 0 Å². The molecule has 6 nitrogen and oxygen atoms in total. The number of rotatable bonds is 5. The lowest BCUT2D eigenvalue weighted by Gasteiger charge is -2.26. The van der Waals surface area contributed by atoms with Gasteiger partial charge in [-0.3, -0.25) is 14.9 Å². The van der Waals surface area contributed by atoms with Crippen molar-refractivity contribution in [3.63, 3.8) is 0 Å². The second-order valence-electron chi connectivity index (χ2n) is 9.42. The van der Waals surface area contributed by atoms with Crippen LogP contribution in [0.15, 0.2) is 109 Å². The van der Waals surface area contributed by atoms with E-state index < -0.39 is 17.8 Å². The number of nitrogens with zero attached hydrogens (tertiary/aromatic N) is 1. The van der Waals surface area contributed by atoms with Gasteiger partial charge in [-0.05, 0) is 63.9 Å². The largest absolute Gasteiger partial charge is 0.488 e. The van der Waals surface area contributed by atoms with Gasteiger partial charge in [0.1, 0.15) is 17.9 Å². The first-order chi connectivity index (χ1) is 19.0. The first-order valence-electron chi connectivity index (χ1n) is 12.6. The van der Waals surface area contributed by atoms with Gasteiger partial charge in [0.25, 0.3) is 11.8 Å². The molecular weight excluding hydrogens is 488 g/mol. The van der Waals surface area contributed by atoms with E-state index in [4.69, 9.17) is 4.74 Å². The molecule has 1 N–H and O–H groups in total. The van der Waals surface area contributed by atoms with Crippen LogP contribution in [0.4, 0.5) is 10.5 Å². The molecule has 0 bridgehead atoms. The van der Waals surface area contributed by atoms with Crippen molar-refractivity contribution in [2.45, 2.75) is 13.5 Å². The molecule has 4 amide bonds. The number of hydrogen-bond acceptors (Lipinski definition) is 4. The van der Waals surface area contributed by atoms with Gasteiger partial charge in [-0.15, -0.1) is 0 Å². The number of anilines is 1. The highest BCUT2D eigenvalue weighted by atomic mass is 16.5. The molecule has 0 spiro atoms. The summed E-state index contributed by atoms with van der Waals surface area (Å²) < 4.78 is 6.33. The molecule has 1 heterocycles. The maximum atomic E-state index is 13.6. The fraction of sp³-hybridized carbons (Fsp3) is 0.0606. The minimum absolute atomic E-state index is 0.150. The number of ether oxygens (including phenoxy) is 1. The Kier molecular flexibility index (Phi) is 6.13. The van der Waals surface area contributed by atoms with Crippen LogP contribution in [-0.2, 0) is 16.2 Å². The maximum Gasteiger partial charge on any atom is 0.335 e. The SMILES string of the molecule is Cc1cccc(N2C(=O)NC(=O)/C(=C\c3c(OCc4cccc5ccccc45)ccc4ccccc34)C2=O)c1. The number of carbonyl (C=O) groups is 3. The molecule has 0 atom stereocenters. The molecule has 0 radical (unpaired) electrons. The van der Waals surface area contributed by atoms with Gasteiger partial charge >= 0.3 is 6.03 Å². The van der Waals surface area contributed by atoms with E-state index in [0.717, 1.165) is 37.6 Å². The minimum Gasteiger partial charge on any atom is -0.488 e. The van der Waals surface area contributed by atoms with Crippen LogP contribution in [-0.4, -0.2) is 17.8 Å². The average Bonchev–Trinajstić information content (AvgIpc) is 2.94. The Bertz CT molecular complexity index is 1820. The lowest BCUT2D eigenvalue weighted by molar-refractivity contribution is -0.122. The van der Waals surface area contributed by atoms with E-state index in [1.807, 2.05) is 73.7 Å². The van der Waals surface area contributed by atoms with Crippen LogP contribution in [0.25, 0.3) is 27.6 Å². The predicted octanol–water partition coefficient (Wildman–Crippen LogP) is 6.55. The summed E-state index contributed by atoms with van der Waals surface area (Å²) in [6.45, 7) is 2.16. The van der Waals surface area contributed by atoms with Gasteiger partial charge < -0.3 is 4.74 Å². The third-order valence-electron chi connectivity index (χ3n) is 6.84. The fourth-order valence-corrected chi connectivity index (χ4v) is 4.93. The molecular formula is C33H24N2O4. The van der Waals surface area contributed by atoms with Crippen LogP contribution in [0.3, 0.4) is 0 Å². The Morgan fingerprint density at radius 1 is 0.769 bits per heavy atom. The Morgan fingerprint density at radius 2 is 1.46 bits per heavy atom. The molecule has 0 aromatic heterocycles. The number of urea groups is 1. The quantitative estimate of drug-likeness (QED) is 0.214. The summed E-state index contributed by atoms with van der Waals surface area (Å²) in [6.07, 6.45) is 1.52. The number of benzene rings is 5. The second kappa shape index (κ2) is 9.91. The molecule has 190 valence electrons. The molecule has 0 unspecified atom stereocenters. The monoisotopic (exact) mass is 512 g/mol. The summed E-state index contributed by atoms with van der Waals surface area (Å²) in [4.78, 5) is 40.2. The molecule has 5 aromatic rings. The predicted molar refractivity (Wildman–Crippen MR) is 152 cm³/mol. The van der Waals surface area contributed by atoms with Crippen LogP contribution < -0.4 is 15.0 Å². The van der Waals surface area contributed by atoms with Crippen LogP contribution in [0, 0.1) is 6.92 Å². The summed E-state index contributed by atoms with van der Waals surface area (Å²) in [5.74, 6) is -0.919. The molecule has 0 aliphatic carbocycles. The number of fused-ring (bicyclic) bond motifs is 2. The number of hydrogen-bond donors (Lipinski definition) is 1. The van der Waals surface area contributed by atoms with Crippen molar-refractivity contribution in [3.05, 3.63) is 125 Å². The Balaban J connectivity index is 1.43. The van der Waals surface area contributed by atoms with E-state index >= 15 is 0 Å². The summed E-state index contributed by atoms with van der Waals surface area (Å²) >= 11 is 0. The zero-order valence-corrected chi connectivity index (χ0v) is 21.2. The molecule has 1 aliphatic rings. The average molecular weight is 513 g/mol. The van der Waals surface area contributed by atoms with Gasteiger partial charge in [-0.1, -0.05) is 84.9 Å². The van der Waals surface area contributed by atoms with Gasteiger partial charge in [0.15, 0.2) is 0 Å². The van der Waals surface area contributed by atoms with Gasteiger partial charge in [-0.25, -0.2) is 9.69 Å². The third kappa shape index (κ3) is 4.53. The van der Waals surface area contributed by atoms with E-state index in [1.165, 1.54) is 6.08 Å². The van der Waals surface area contributed by atoms with E-state index in [9.17, 15) is 14.4 Å². The van der Waals surface area contributed by atoms with Crippen molar-refractivity contribution in [1.29, 1.82) is 0 Å². The fourth-order valence-electron chi connectivity index (χ4n) is 4.93. The zero-order valence-electron chi connectivity index (χ0n) is 21.2. The van der Waals surface area contributed by atoms with Crippen LogP contribution in [0.5, 0.6) is 5.75 Å². The lowest BCUT2D eigenvalue weighted by Crippen LogP contribution is -2.54. The minimum atomic E-state index is -0.780. The van der Waals surface area contributed by atoms with E-state index in [2.05, 4.69) is 23.5 Å². The molecule has 39 heavy (non-hydrogen) atoms. The normalized spacial score (nSPS) is 14.7. The molecule has 0 saturated carbocycles. The standard InChI is InChI=1S/C33H24N2O4/c1-21-8-6-13-25(18-21)35-32(37)29(31(36)34-33(35)38)19-28-27-15-5-3-10-23(27)16-17-30(28)39-20-24-12-7-11-22-9-2-4-14-26(22)24/h2-19H,20H2,1H3,(H,34,36,38)/b29-19+. The molecule has 6 heteroatoms. The summed E-state index contributed by atoms with van der Waals surface area (Å²) in [5.41, 5.74) is 2.73. The Hall–Kier alpha value is -5.23. The molecule has 1 saturated heterocycles. The summed E-state index contributed by atoms with van der Waals surface area (Å²) in [7, 11) is 0. The zero-order chi connectivity index (χ0) is 26.9. The van der Waals surface area contributed by atoms with Gasteiger partial charge in [-0.2, -0.15) is 0 Å². The smallest absolute Gasteiger partial charge is 0.335 e. The van der Waals surface area contributed by atoms with E-state index in [1.54, 1.807) is 18.2 Å². The second-order valence-corrected chi connectivity index (χ2v) is 9.42. The number of carbonyl (C=O) groups excluding carboxylic acids is 3. The summed E-state index contributed by atoms with van der Waals surface area (Å²) in [6, 6.07) is 31.9. The number of imide groups is 2. The van der Waals surface area contributed by atoms with Crippen molar-refractivity contribution in [3.8, 4) is 5.75 Å². The Labute approximate surface area is 225 Å². The van der Waals surface area contributed by atoms with Crippen molar-refractivity contribution >= 4 is 51.2 Å². The number of aryl methyl sites for hydroxylation is 1. The highest BCUT2D eigenvalue weighted by Crippen LogP contribution is 2.33. The van der Waals surface area contributed by atoms with Crippen molar-refractivity contribution in [1.82, 2.24) is 5.32 Å². The van der Waals surface area contributed by atoms with Crippen molar-refractivity contribution in [2.75, 3.05) is 4.90 Å². The topological polar surface area (TPSA) is 75.7 Å². The summed E-state index contributed by atoms with van der Waals surface area (Å²) in [5, 5.41) is 6.27. The highest BCUT2D eigenvalue weighted by Gasteiger charge is 2.37. The number of nitrogens with one attached hydrogen (secondary N) is 1. The van der Waals surface area contributed by atoms with Crippen LogP contribution >= 0.6 is 0 Å². The van der Waals surface area contributed by atoms with Crippen LogP contribution in [0.1, 0.15) is 16.7 Å². The Morgan fingerprint density at radius 3 is 2.26 bits per heavy atom. The maximum absolute atomic E-state index is 13.6. The lowest BCUT2D eigenvalue weighted by atomic mass is 9.99. The number of barbiturate groups is 1. The molecule has 5 aromatic carbocycles. The highest BCUT2D eigenvalue weighted by molar-refractivity contribution is 6.39. The molecule has 1 fully saturated rings. The number of amides is 4. The first kappa shape index (κ1) is 24.1. The van der Waals surface area contributed by atoms with Gasteiger partial charge in [0.05, 0.1) is 5.69 Å². The van der Waals surface area contributed by atoms with E-state index in [-0.39, 0.29) is 5.57 Å². The molecule has 6 rings (SSSR count). The van der Waals surface area contributed by atoms with Crippen LogP contribution in [0.2, 0.25) is 0 Å². The first-order valence-corrected chi connectivity index (χ1v) is 12.6. The van der Waals surface area contributed by atoms with E-state index in [0.29, 0.717) is 23.6 Å². The van der Waals surface area contributed by atoms with Crippen molar-refractivity contribution in [2.24, 2.45) is 0 Å². The van der Waals surface area contributed by atoms with Gasteiger partial charge in [0, 0.05) is 5.56 Å². The molecule has 1 aliphatic heterocycles. The third-order valence-corrected chi connectivity index (χ3v) is 6.84.